The molecule has 1 N–H and O–H groups in total. The molecule has 0 saturated heterocycles. The van der Waals surface area contributed by atoms with Crippen molar-refractivity contribution in [3.8, 4) is 17.2 Å². The Morgan fingerprint density at radius 1 is 0.679 bits per heavy atom. The highest BCUT2D eigenvalue weighted by Crippen LogP contribution is 2.22. The van der Waals surface area contributed by atoms with Gasteiger partial charge in [-0.05, 0) is 36.8 Å². The number of benzene rings is 3. The number of nitrogens with one attached hydrogen (secondary N) is 1. The molecule has 0 bridgehead atoms. The number of ether oxygens (including phenoxy) is 3. The van der Waals surface area contributed by atoms with E-state index in [1.165, 1.54) is 0 Å². The third-order valence-electron chi connectivity index (χ3n) is 4.12. The number of hydrogen-bond donors (Lipinski definition) is 1. The van der Waals surface area contributed by atoms with Crippen molar-refractivity contribution in [1.82, 2.24) is 0 Å². The van der Waals surface area contributed by atoms with Crippen LogP contribution in [-0.2, 0) is 6.54 Å². The van der Waals surface area contributed by atoms with Gasteiger partial charge in [-0.15, -0.1) is 0 Å². The summed E-state index contributed by atoms with van der Waals surface area (Å²) in [4.78, 5) is 0. The van der Waals surface area contributed by atoms with Gasteiger partial charge in [0, 0.05) is 23.9 Å². The first kappa shape index (κ1) is 19.6. The summed E-state index contributed by atoms with van der Waals surface area (Å²) in [5.74, 6) is 2.60. The van der Waals surface area contributed by atoms with Crippen molar-refractivity contribution < 1.29 is 14.2 Å². The van der Waals surface area contributed by atoms with Gasteiger partial charge in [-0.25, -0.2) is 0 Å². The van der Waals surface area contributed by atoms with Crippen LogP contribution >= 0.6 is 0 Å². The lowest BCUT2D eigenvalue weighted by atomic mass is 10.2. The van der Waals surface area contributed by atoms with Gasteiger partial charge >= 0.3 is 0 Å². The van der Waals surface area contributed by atoms with Crippen molar-refractivity contribution in [3.63, 3.8) is 0 Å². The summed E-state index contributed by atoms with van der Waals surface area (Å²) in [6.07, 6.45) is 0.995. The molecule has 3 aromatic carbocycles. The third-order valence-corrected chi connectivity index (χ3v) is 4.12. The second-order valence-electron chi connectivity index (χ2n) is 6.35. The van der Waals surface area contributed by atoms with Crippen molar-refractivity contribution in [2.75, 3.05) is 25.1 Å². The molecular formula is C24H27NO3. The average Bonchev–Trinajstić information content (AvgIpc) is 2.75. The first-order chi connectivity index (χ1) is 13.8. The number of para-hydroxylation sites is 2. The molecule has 0 atom stereocenters. The molecular weight excluding hydrogens is 350 g/mol. The summed E-state index contributed by atoms with van der Waals surface area (Å²) >= 11 is 0. The Balaban J connectivity index is 1.48. The molecule has 0 saturated carbocycles. The molecule has 0 aliphatic carbocycles. The number of hydrogen-bond acceptors (Lipinski definition) is 4. The Hall–Kier alpha value is -3.14. The molecule has 146 valence electrons. The first-order valence-electron chi connectivity index (χ1n) is 9.70. The van der Waals surface area contributed by atoms with Gasteiger partial charge in [0.25, 0.3) is 0 Å². The highest BCUT2D eigenvalue weighted by molar-refractivity contribution is 5.49. The SMILES string of the molecule is CCCOc1ccccc1CNc1cccc(OCCOc2ccccc2)c1. The van der Waals surface area contributed by atoms with E-state index in [2.05, 4.69) is 18.3 Å². The van der Waals surface area contributed by atoms with Gasteiger partial charge in [-0.3, -0.25) is 0 Å². The van der Waals surface area contributed by atoms with Crippen LogP contribution in [0.1, 0.15) is 18.9 Å². The lowest BCUT2D eigenvalue weighted by Crippen LogP contribution is -2.09. The van der Waals surface area contributed by atoms with Gasteiger partial charge in [-0.1, -0.05) is 49.4 Å². The van der Waals surface area contributed by atoms with Crippen molar-refractivity contribution in [2.45, 2.75) is 19.9 Å². The largest absolute Gasteiger partial charge is 0.493 e. The standard InChI is InChI=1S/C24H27NO3/c1-2-15-28-24-14-7-6-9-20(24)19-25-21-10-8-13-23(18-21)27-17-16-26-22-11-4-3-5-12-22/h3-14,18,25H,2,15-17,19H2,1H3. The Labute approximate surface area is 167 Å². The van der Waals surface area contributed by atoms with E-state index in [1.807, 2.05) is 72.8 Å². The van der Waals surface area contributed by atoms with E-state index in [0.717, 1.165) is 41.5 Å². The predicted octanol–water partition coefficient (Wildman–Crippen LogP) is 5.55. The molecule has 3 rings (SSSR count). The molecule has 0 radical (unpaired) electrons. The van der Waals surface area contributed by atoms with E-state index in [9.17, 15) is 0 Å². The molecule has 0 spiro atoms. The van der Waals surface area contributed by atoms with Crippen molar-refractivity contribution in [1.29, 1.82) is 0 Å². The topological polar surface area (TPSA) is 39.7 Å². The van der Waals surface area contributed by atoms with Crippen molar-refractivity contribution in [3.05, 3.63) is 84.4 Å². The fourth-order valence-electron chi connectivity index (χ4n) is 2.73. The lowest BCUT2D eigenvalue weighted by molar-refractivity contribution is 0.217. The lowest BCUT2D eigenvalue weighted by Gasteiger charge is -2.13. The van der Waals surface area contributed by atoms with Crippen LogP contribution in [0.25, 0.3) is 0 Å². The van der Waals surface area contributed by atoms with Crippen LogP contribution in [0.4, 0.5) is 5.69 Å². The molecule has 28 heavy (non-hydrogen) atoms. The van der Waals surface area contributed by atoms with Crippen LogP contribution in [0.3, 0.4) is 0 Å². The zero-order chi connectivity index (χ0) is 19.4. The maximum absolute atomic E-state index is 5.82. The van der Waals surface area contributed by atoms with Gasteiger partial charge in [-0.2, -0.15) is 0 Å². The third kappa shape index (κ3) is 6.23. The van der Waals surface area contributed by atoms with Crippen LogP contribution in [0.15, 0.2) is 78.9 Å². The Kier molecular flexibility index (Phi) is 7.62. The summed E-state index contributed by atoms with van der Waals surface area (Å²) in [7, 11) is 0. The minimum absolute atomic E-state index is 0.492. The molecule has 3 aromatic rings. The molecule has 0 fully saturated rings. The van der Waals surface area contributed by atoms with Gasteiger partial charge < -0.3 is 19.5 Å². The van der Waals surface area contributed by atoms with Crippen LogP contribution < -0.4 is 19.5 Å². The summed E-state index contributed by atoms with van der Waals surface area (Å²) in [5.41, 5.74) is 2.14. The van der Waals surface area contributed by atoms with E-state index in [-0.39, 0.29) is 0 Å². The Morgan fingerprint density at radius 2 is 1.39 bits per heavy atom. The maximum Gasteiger partial charge on any atom is 0.124 e. The Morgan fingerprint density at radius 3 is 2.21 bits per heavy atom. The summed E-state index contributed by atoms with van der Waals surface area (Å²) in [6.45, 7) is 4.53. The van der Waals surface area contributed by atoms with Gasteiger partial charge in [0.05, 0.1) is 6.61 Å². The van der Waals surface area contributed by atoms with Gasteiger partial charge in [0.2, 0.25) is 0 Å². The minimum Gasteiger partial charge on any atom is -0.493 e. The molecule has 0 amide bonds. The van der Waals surface area contributed by atoms with E-state index >= 15 is 0 Å². The summed E-state index contributed by atoms with van der Waals surface area (Å²) in [6, 6.07) is 25.8. The zero-order valence-electron chi connectivity index (χ0n) is 16.3. The fraction of sp³-hybridized carbons (Fsp3) is 0.250. The molecule has 0 aliphatic rings. The zero-order valence-corrected chi connectivity index (χ0v) is 16.3. The van der Waals surface area contributed by atoms with Gasteiger partial charge in [0.15, 0.2) is 0 Å². The Bertz CT molecular complexity index is 836. The van der Waals surface area contributed by atoms with E-state index in [4.69, 9.17) is 14.2 Å². The maximum atomic E-state index is 5.82. The van der Waals surface area contributed by atoms with Crippen molar-refractivity contribution >= 4 is 5.69 Å². The summed E-state index contributed by atoms with van der Waals surface area (Å²) < 4.78 is 17.3. The quantitative estimate of drug-likeness (QED) is 0.445. The van der Waals surface area contributed by atoms with Crippen LogP contribution in [-0.4, -0.2) is 19.8 Å². The van der Waals surface area contributed by atoms with E-state index in [1.54, 1.807) is 0 Å². The highest BCUT2D eigenvalue weighted by Gasteiger charge is 2.03. The minimum atomic E-state index is 0.492. The fourth-order valence-corrected chi connectivity index (χ4v) is 2.73. The van der Waals surface area contributed by atoms with Gasteiger partial charge in [0.1, 0.15) is 30.5 Å². The van der Waals surface area contributed by atoms with E-state index in [0.29, 0.717) is 19.8 Å². The number of rotatable bonds is 11. The monoisotopic (exact) mass is 377 g/mol. The second-order valence-corrected chi connectivity index (χ2v) is 6.35. The second kappa shape index (κ2) is 10.9. The molecule has 0 aliphatic heterocycles. The molecule has 4 nitrogen and oxygen atoms in total. The number of anilines is 1. The first-order valence-corrected chi connectivity index (χ1v) is 9.70. The summed E-state index contributed by atoms with van der Waals surface area (Å²) in [5, 5.41) is 3.44. The average molecular weight is 377 g/mol. The molecule has 0 heterocycles. The van der Waals surface area contributed by atoms with E-state index < -0.39 is 0 Å². The smallest absolute Gasteiger partial charge is 0.124 e. The normalized spacial score (nSPS) is 10.3. The van der Waals surface area contributed by atoms with Crippen LogP contribution in [0, 0.1) is 0 Å². The molecule has 0 unspecified atom stereocenters. The molecule has 0 aromatic heterocycles. The van der Waals surface area contributed by atoms with Crippen LogP contribution in [0.5, 0.6) is 17.2 Å². The van der Waals surface area contributed by atoms with Crippen molar-refractivity contribution in [2.24, 2.45) is 0 Å². The molecule has 4 heteroatoms. The highest BCUT2D eigenvalue weighted by atomic mass is 16.5. The van der Waals surface area contributed by atoms with Crippen LogP contribution in [0.2, 0.25) is 0 Å². The predicted molar refractivity (Wildman–Crippen MR) is 113 cm³/mol.